The quantitative estimate of drug-likeness (QED) is 0.161. The summed E-state index contributed by atoms with van der Waals surface area (Å²) in [7, 11) is 0. The Morgan fingerprint density at radius 2 is 0.614 bits per heavy atom. The highest BCUT2D eigenvalue weighted by Crippen LogP contribution is 2.55. The Kier molecular flexibility index (Phi) is 15.0. The van der Waals surface area contributed by atoms with E-state index in [0.29, 0.717) is 0 Å². The fraction of sp³-hybridized carbons (Fsp3) is 0.153. The summed E-state index contributed by atoms with van der Waals surface area (Å²) in [6.45, 7) is 22.6. The summed E-state index contributed by atoms with van der Waals surface area (Å²) < 4.78 is 1.16. The standard InChI is InChI=1S/C50H43N.C20H19N.C15H13Br/c1-32-13-11-15-34(27-32)35-21-26-48(43(29-35)36-16-12-14-33(2)28-36)51(37-22-24-41-39-17-7-9-19-44(39)49(3,4)46(41)30-37)38-23-25-42-40-18-8-10-20-45(40)50(5,6)47(42)31-38;1-14-5-3-7-16(11-14)17-9-10-20(21)19(13-17)18-8-4-6-15(2)12-18;1-15(2)13-6-4-3-5-11(13)12-8-7-10(16)9-14(12)15/h7-31H,1-6H3;3-13H,21H2,1-2H3;3-9H,1-2H3. The number of rotatable bonds is 7. The second-order valence-electron chi connectivity index (χ2n) is 26.0. The molecule has 0 saturated carbocycles. The number of benzene rings is 12. The van der Waals surface area contributed by atoms with Gasteiger partial charge in [0.1, 0.15) is 0 Å². The summed E-state index contributed by atoms with van der Waals surface area (Å²) in [6, 6.07) is 95.5. The van der Waals surface area contributed by atoms with E-state index in [1.165, 1.54) is 145 Å². The molecule has 0 radical (unpaired) electrons. The highest BCUT2D eigenvalue weighted by molar-refractivity contribution is 9.10. The largest absolute Gasteiger partial charge is 0.398 e. The van der Waals surface area contributed by atoms with Crippen molar-refractivity contribution in [2.75, 3.05) is 10.6 Å². The van der Waals surface area contributed by atoms with Crippen LogP contribution in [0.5, 0.6) is 0 Å². The molecular weight excluding hydrogens is 1130 g/mol. The lowest BCUT2D eigenvalue weighted by molar-refractivity contribution is 0.660. The van der Waals surface area contributed by atoms with Crippen LogP contribution < -0.4 is 10.6 Å². The Hall–Kier alpha value is -9.28. The predicted octanol–water partition coefficient (Wildman–Crippen LogP) is 23.7. The number of aryl methyl sites for hydroxylation is 4. The van der Waals surface area contributed by atoms with Crippen molar-refractivity contribution in [3.8, 4) is 77.9 Å². The molecule has 0 heterocycles. The van der Waals surface area contributed by atoms with E-state index in [0.717, 1.165) is 15.7 Å². The van der Waals surface area contributed by atoms with Crippen molar-refractivity contribution in [3.63, 3.8) is 0 Å². The topological polar surface area (TPSA) is 29.3 Å². The zero-order valence-electron chi connectivity index (χ0n) is 52.2. The van der Waals surface area contributed by atoms with Crippen molar-refractivity contribution >= 4 is 38.7 Å². The number of hydrogen-bond donors (Lipinski definition) is 1. The normalized spacial score (nSPS) is 13.7. The van der Waals surface area contributed by atoms with Gasteiger partial charge in [-0.2, -0.15) is 0 Å². The zero-order chi connectivity index (χ0) is 61.2. The van der Waals surface area contributed by atoms with Gasteiger partial charge in [0, 0.05) is 48.9 Å². The molecule has 432 valence electrons. The SMILES string of the molecule is CC1(C)c2ccccc2-c2ccc(Br)cc21.Cc1cccc(-c2ccc(N(c3ccc4c(c3)C(C)(C)c3ccccc3-4)c3ccc4c(c3)C(C)(C)c3ccccc3-4)c(-c3cccc(C)c3)c2)c1.Cc1cccc(-c2ccc(N)c(-c3cccc(C)c3)c2)c1. The third-order valence-electron chi connectivity index (χ3n) is 18.8. The van der Waals surface area contributed by atoms with Gasteiger partial charge in [0.25, 0.3) is 0 Å². The molecule has 0 aromatic heterocycles. The van der Waals surface area contributed by atoms with E-state index in [2.05, 4.69) is 345 Å². The summed E-state index contributed by atoms with van der Waals surface area (Å²) >= 11 is 3.56. The number of hydrogen-bond acceptors (Lipinski definition) is 2. The average molecular weight is 1200 g/mol. The van der Waals surface area contributed by atoms with Gasteiger partial charge in [-0.15, -0.1) is 0 Å². The van der Waals surface area contributed by atoms with Crippen LogP contribution in [0.25, 0.3) is 77.9 Å². The van der Waals surface area contributed by atoms with Crippen molar-refractivity contribution in [1.29, 1.82) is 0 Å². The summed E-state index contributed by atoms with van der Waals surface area (Å²) in [6.07, 6.45) is 0. The molecule has 0 amide bonds. The molecule has 12 aromatic carbocycles. The lowest BCUT2D eigenvalue weighted by atomic mass is 9.82. The lowest BCUT2D eigenvalue weighted by Gasteiger charge is -2.31. The molecule has 0 bridgehead atoms. The Morgan fingerprint density at radius 1 is 0.273 bits per heavy atom. The Morgan fingerprint density at radius 3 is 1.06 bits per heavy atom. The van der Waals surface area contributed by atoms with E-state index >= 15 is 0 Å². The minimum absolute atomic E-state index is 0.108. The van der Waals surface area contributed by atoms with Crippen LogP contribution in [0.2, 0.25) is 0 Å². The van der Waals surface area contributed by atoms with E-state index in [-0.39, 0.29) is 16.2 Å². The van der Waals surface area contributed by atoms with Crippen molar-refractivity contribution < 1.29 is 0 Å². The molecule has 2 nitrogen and oxygen atoms in total. The molecule has 88 heavy (non-hydrogen) atoms. The highest BCUT2D eigenvalue weighted by Gasteiger charge is 2.39. The maximum atomic E-state index is 6.18. The van der Waals surface area contributed by atoms with E-state index in [4.69, 9.17) is 5.73 Å². The first-order chi connectivity index (χ1) is 42.3. The molecule has 0 spiro atoms. The second-order valence-corrected chi connectivity index (χ2v) is 26.9. The number of nitrogen functional groups attached to an aromatic ring is 1. The van der Waals surface area contributed by atoms with Crippen molar-refractivity contribution in [3.05, 3.63) is 321 Å². The van der Waals surface area contributed by atoms with Gasteiger partial charge in [-0.05, 0) is 189 Å². The molecule has 3 aliphatic rings. The Labute approximate surface area is 530 Å². The number of nitrogens with zero attached hydrogens (tertiary/aromatic N) is 1. The molecular formula is C85H75BrN2. The molecule has 3 aliphatic carbocycles. The van der Waals surface area contributed by atoms with Crippen LogP contribution in [-0.4, -0.2) is 0 Å². The van der Waals surface area contributed by atoms with E-state index < -0.39 is 0 Å². The van der Waals surface area contributed by atoms with Crippen LogP contribution in [0.1, 0.15) is 97.2 Å². The third kappa shape index (κ3) is 10.5. The summed E-state index contributed by atoms with van der Waals surface area (Å²) in [4.78, 5) is 2.51. The monoisotopic (exact) mass is 1200 g/mol. The molecule has 3 heteroatoms. The molecule has 12 aromatic rings. The van der Waals surface area contributed by atoms with E-state index in [9.17, 15) is 0 Å². The minimum atomic E-state index is -0.108. The fourth-order valence-corrected chi connectivity index (χ4v) is 14.5. The number of halogens is 1. The maximum absolute atomic E-state index is 6.18. The van der Waals surface area contributed by atoms with E-state index in [1.54, 1.807) is 0 Å². The van der Waals surface area contributed by atoms with E-state index in [1.807, 2.05) is 6.07 Å². The lowest BCUT2D eigenvalue weighted by Crippen LogP contribution is -2.18. The molecule has 0 fully saturated rings. The van der Waals surface area contributed by atoms with Crippen molar-refractivity contribution in [2.24, 2.45) is 0 Å². The van der Waals surface area contributed by atoms with Crippen LogP contribution in [-0.2, 0) is 16.2 Å². The Bertz CT molecular complexity index is 4580. The van der Waals surface area contributed by atoms with Gasteiger partial charge in [-0.25, -0.2) is 0 Å². The van der Waals surface area contributed by atoms with Gasteiger partial charge < -0.3 is 10.6 Å². The molecule has 15 rings (SSSR count). The van der Waals surface area contributed by atoms with Crippen LogP contribution in [0, 0.1) is 27.7 Å². The van der Waals surface area contributed by atoms with Crippen LogP contribution >= 0.6 is 15.9 Å². The molecule has 0 unspecified atom stereocenters. The second kappa shape index (κ2) is 22.8. The average Bonchev–Trinajstić information content (AvgIpc) is 1.68. The summed E-state index contributed by atoms with van der Waals surface area (Å²) in [5, 5.41) is 0. The fourth-order valence-electron chi connectivity index (χ4n) is 14.2. The van der Waals surface area contributed by atoms with Gasteiger partial charge in [-0.3, -0.25) is 0 Å². The number of anilines is 4. The first kappa shape index (κ1) is 57.8. The van der Waals surface area contributed by atoms with Crippen molar-refractivity contribution in [1.82, 2.24) is 0 Å². The van der Waals surface area contributed by atoms with Crippen LogP contribution in [0.3, 0.4) is 0 Å². The van der Waals surface area contributed by atoms with Gasteiger partial charge >= 0.3 is 0 Å². The van der Waals surface area contributed by atoms with Gasteiger partial charge in [0.2, 0.25) is 0 Å². The summed E-state index contributed by atoms with van der Waals surface area (Å²) in [5.41, 5.74) is 41.5. The third-order valence-corrected chi connectivity index (χ3v) is 19.3. The van der Waals surface area contributed by atoms with Crippen molar-refractivity contribution in [2.45, 2.75) is 85.5 Å². The first-order valence-electron chi connectivity index (χ1n) is 30.9. The maximum Gasteiger partial charge on any atom is 0.0540 e. The highest BCUT2D eigenvalue weighted by atomic mass is 79.9. The van der Waals surface area contributed by atoms with Crippen LogP contribution in [0.15, 0.2) is 265 Å². The summed E-state index contributed by atoms with van der Waals surface area (Å²) in [5.74, 6) is 0. The minimum Gasteiger partial charge on any atom is -0.398 e. The smallest absolute Gasteiger partial charge is 0.0540 e. The molecule has 0 atom stereocenters. The molecule has 0 aliphatic heterocycles. The van der Waals surface area contributed by atoms with Gasteiger partial charge in [0.15, 0.2) is 0 Å². The molecule has 2 N–H and O–H groups in total. The predicted molar refractivity (Wildman–Crippen MR) is 380 cm³/mol. The molecule has 0 saturated heterocycles. The Balaban J connectivity index is 0.000000156. The van der Waals surface area contributed by atoms with Crippen LogP contribution in [0.4, 0.5) is 22.7 Å². The number of fused-ring (bicyclic) bond motifs is 9. The number of nitrogens with two attached hydrogens (primary N) is 1. The first-order valence-corrected chi connectivity index (χ1v) is 31.6. The van der Waals surface area contributed by atoms with Gasteiger partial charge in [-0.1, -0.05) is 280 Å². The zero-order valence-corrected chi connectivity index (χ0v) is 53.8. The van der Waals surface area contributed by atoms with Gasteiger partial charge in [0.05, 0.1) is 5.69 Å².